The van der Waals surface area contributed by atoms with E-state index in [1.54, 1.807) is 0 Å². The summed E-state index contributed by atoms with van der Waals surface area (Å²) in [5.74, 6) is -0.404. The second-order valence-electron chi connectivity index (χ2n) is 6.78. The van der Waals surface area contributed by atoms with E-state index in [0.29, 0.717) is 32.2 Å². The summed E-state index contributed by atoms with van der Waals surface area (Å²) in [4.78, 5) is 36.4. The van der Waals surface area contributed by atoms with E-state index in [2.05, 4.69) is 17.9 Å². The minimum atomic E-state index is -0.456. The van der Waals surface area contributed by atoms with Gasteiger partial charge in [0.05, 0.1) is 5.92 Å². The van der Waals surface area contributed by atoms with Crippen molar-refractivity contribution >= 4 is 30.9 Å². The van der Waals surface area contributed by atoms with Crippen LogP contribution in [0.2, 0.25) is 0 Å². The highest BCUT2D eigenvalue weighted by molar-refractivity contribution is 7.81. The van der Waals surface area contributed by atoms with Crippen molar-refractivity contribution in [2.45, 2.75) is 77.5 Å². The fourth-order valence-corrected chi connectivity index (χ4v) is 2.82. The minimum Gasteiger partial charge on any atom is -0.354 e. The second-order valence-corrected chi connectivity index (χ2v) is 7.94. The number of nitrogens with zero attached hydrogens (tertiary/aromatic N) is 1. The first-order valence-corrected chi connectivity index (χ1v) is 8.85. The molecule has 1 unspecified atom stereocenters. The minimum absolute atomic E-state index is 0.0474. The van der Waals surface area contributed by atoms with Gasteiger partial charge in [0, 0.05) is 23.8 Å². The highest BCUT2D eigenvalue weighted by Crippen LogP contribution is 2.28. The zero-order valence-electron chi connectivity index (χ0n) is 15.1. The van der Waals surface area contributed by atoms with Gasteiger partial charge in [0.2, 0.25) is 18.2 Å². The Morgan fingerprint density at radius 1 is 1.22 bits per heavy atom. The van der Waals surface area contributed by atoms with Gasteiger partial charge in [-0.2, -0.15) is 12.6 Å². The number of hydrogen-bond donors (Lipinski definition) is 2. The van der Waals surface area contributed by atoms with Crippen LogP contribution >= 0.6 is 12.6 Å². The Morgan fingerprint density at radius 2 is 1.83 bits per heavy atom. The van der Waals surface area contributed by atoms with Crippen LogP contribution in [0.5, 0.6) is 0 Å². The average Bonchev–Trinajstić information content (AvgIpc) is 2.40. The van der Waals surface area contributed by atoms with Crippen molar-refractivity contribution in [3.8, 4) is 0 Å². The number of rotatable bonds is 11. The van der Waals surface area contributed by atoms with Crippen molar-refractivity contribution < 1.29 is 14.4 Å². The molecule has 3 amide bonds. The molecule has 0 saturated carbocycles. The van der Waals surface area contributed by atoms with Crippen LogP contribution in [0.4, 0.5) is 0 Å². The van der Waals surface area contributed by atoms with Gasteiger partial charge in [0.15, 0.2) is 0 Å². The summed E-state index contributed by atoms with van der Waals surface area (Å²) < 4.78 is -0.456. The number of thiol groups is 1. The lowest BCUT2D eigenvalue weighted by Gasteiger charge is -2.30. The summed E-state index contributed by atoms with van der Waals surface area (Å²) >= 11 is 4.47. The summed E-state index contributed by atoms with van der Waals surface area (Å²) in [6.07, 6.45) is 4.02. The molecule has 0 aliphatic rings. The molecule has 0 aliphatic heterocycles. The van der Waals surface area contributed by atoms with Crippen LogP contribution in [0.3, 0.4) is 0 Å². The number of carbonyl (C=O) groups excluding carboxylic acids is 3. The molecule has 0 aromatic carbocycles. The lowest BCUT2D eigenvalue weighted by molar-refractivity contribution is -0.142. The Morgan fingerprint density at radius 3 is 2.26 bits per heavy atom. The molecule has 0 aliphatic carbocycles. The van der Waals surface area contributed by atoms with E-state index in [-0.39, 0.29) is 23.8 Å². The molecule has 0 saturated heterocycles. The molecule has 0 rings (SSSR count). The van der Waals surface area contributed by atoms with Gasteiger partial charge in [-0.25, -0.2) is 0 Å². The fourth-order valence-electron chi connectivity index (χ4n) is 2.53. The Balaban J connectivity index is 4.23. The third-order valence-electron chi connectivity index (χ3n) is 3.72. The first-order chi connectivity index (χ1) is 10.6. The van der Waals surface area contributed by atoms with Crippen LogP contribution in [-0.4, -0.2) is 40.5 Å². The van der Waals surface area contributed by atoms with E-state index >= 15 is 0 Å². The number of amides is 3. The van der Waals surface area contributed by atoms with Crippen molar-refractivity contribution in [3.05, 3.63) is 0 Å². The Kier molecular flexibility index (Phi) is 10.2. The van der Waals surface area contributed by atoms with Crippen LogP contribution in [0.25, 0.3) is 0 Å². The van der Waals surface area contributed by atoms with E-state index < -0.39 is 4.75 Å². The summed E-state index contributed by atoms with van der Waals surface area (Å²) in [6, 6.07) is 0.154. The number of unbranched alkanes of at least 4 members (excludes halogenated alkanes) is 2. The summed E-state index contributed by atoms with van der Waals surface area (Å²) in [6.45, 7) is 9.96. The van der Waals surface area contributed by atoms with Gasteiger partial charge in [0.25, 0.3) is 0 Å². The van der Waals surface area contributed by atoms with E-state index in [1.165, 1.54) is 4.90 Å². The maximum Gasteiger partial charge on any atom is 0.233 e. The molecule has 0 bridgehead atoms. The number of carbonyl (C=O) groups is 3. The van der Waals surface area contributed by atoms with Crippen LogP contribution in [0.1, 0.15) is 66.7 Å². The topological polar surface area (TPSA) is 66.5 Å². The van der Waals surface area contributed by atoms with Crippen LogP contribution < -0.4 is 5.32 Å². The Bertz CT molecular complexity index is 392. The zero-order chi connectivity index (χ0) is 18.0. The second kappa shape index (κ2) is 10.7. The van der Waals surface area contributed by atoms with Gasteiger partial charge in [-0.3, -0.25) is 19.3 Å². The number of hydrogen-bond acceptors (Lipinski definition) is 4. The molecule has 0 spiro atoms. The lowest BCUT2D eigenvalue weighted by atomic mass is 9.91. The van der Waals surface area contributed by atoms with Crippen LogP contribution in [-0.2, 0) is 14.4 Å². The molecule has 1 N–H and O–H groups in total. The number of imide groups is 1. The van der Waals surface area contributed by atoms with Gasteiger partial charge in [0.1, 0.15) is 0 Å². The maximum atomic E-state index is 12.4. The molecule has 134 valence electrons. The van der Waals surface area contributed by atoms with Crippen molar-refractivity contribution in [2.75, 3.05) is 6.54 Å². The van der Waals surface area contributed by atoms with Crippen molar-refractivity contribution in [1.82, 2.24) is 10.2 Å². The largest absolute Gasteiger partial charge is 0.354 e. The van der Waals surface area contributed by atoms with Crippen molar-refractivity contribution in [2.24, 2.45) is 5.92 Å². The summed E-state index contributed by atoms with van der Waals surface area (Å²) in [7, 11) is 0. The molecular formula is C17H32N2O3S. The summed E-state index contributed by atoms with van der Waals surface area (Å²) in [5, 5.41) is 2.84. The fraction of sp³-hybridized carbons (Fsp3) is 0.824. The Labute approximate surface area is 146 Å². The first-order valence-electron chi connectivity index (χ1n) is 8.41. The van der Waals surface area contributed by atoms with E-state index in [0.717, 1.165) is 12.8 Å². The van der Waals surface area contributed by atoms with Gasteiger partial charge >= 0.3 is 0 Å². The van der Waals surface area contributed by atoms with E-state index in [1.807, 2.05) is 34.6 Å². The third-order valence-corrected chi connectivity index (χ3v) is 4.03. The molecule has 5 nitrogen and oxygen atoms in total. The maximum absolute atomic E-state index is 12.4. The smallest absolute Gasteiger partial charge is 0.233 e. The Hall–Kier alpha value is -1.04. The monoisotopic (exact) mass is 344 g/mol. The van der Waals surface area contributed by atoms with Crippen LogP contribution in [0.15, 0.2) is 0 Å². The molecule has 0 heterocycles. The number of nitrogens with one attached hydrogen (secondary N) is 1. The van der Waals surface area contributed by atoms with Crippen molar-refractivity contribution in [3.63, 3.8) is 0 Å². The molecule has 1 atom stereocenters. The lowest BCUT2D eigenvalue weighted by Crippen LogP contribution is -2.42. The van der Waals surface area contributed by atoms with Gasteiger partial charge < -0.3 is 5.32 Å². The molecule has 0 fully saturated rings. The first kappa shape index (κ1) is 22.0. The predicted octanol–water partition coefficient (Wildman–Crippen LogP) is 2.79. The average molecular weight is 345 g/mol. The molecule has 0 aromatic heterocycles. The van der Waals surface area contributed by atoms with E-state index in [4.69, 9.17) is 0 Å². The molecule has 0 aromatic rings. The van der Waals surface area contributed by atoms with Crippen molar-refractivity contribution in [1.29, 1.82) is 0 Å². The highest BCUT2D eigenvalue weighted by atomic mass is 32.1. The third kappa shape index (κ3) is 8.98. The van der Waals surface area contributed by atoms with Gasteiger partial charge in [-0.1, -0.05) is 27.2 Å². The molecule has 23 heavy (non-hydrogen) atoms. The SMILES string of the molecule is CCC(C(=O)N(C=O)CCCCCC(=O)NC(C)C)C(C)(C)S. The quantitative estimate of drug-likeness (QED) is 0.344. The molecule has 0 radical (unpaired) electrons. The zero-order valence-corrected chi connectivity index (χ0v) is 16.0. The van der Waals surface area contributed by atoms with Crippen LogP contribution in [0, 0.1) is 5.92 Å². The molecule has 6 heteroatoms. The van der Waals surface area contributed by atoms with Gasteiger partial charge in [-0.15, -0.1) is 0 Å². The van der Waals surface area contributed by atoms with Gasteiger partial charge in [-0.05, 0) is 33.1 Å². The van der Waals surface area contributed by atoms with E-state index in [9.17, 15) is 14.4 Å². The molecular weight excluding hydrogens is 312 g/mol. The standard InChI is InChI=1S/C17H32N2O3S/c1-6-14(17(4,5)23)16(22)19(12-20)11-9-7-8-10-15(21)18-13(2)3/h12-14,23H,6-11H2,1-5H3,(H,18,21). The highest BCUT2D eigenvalue weighted by Gasteiger charge is 2.33. The summed E-state index contributed by atoms with van der Waals surface area (Å²) in [5.41, 5.74) is 0. The predicted molar refractivity (Wildman–Crippen MR) is 96.4 cm³/mol. The normalized spacial score (nSPS) is 12.8.